The molecule has 1 saturated carbocycles. The van der Waals surface area contributed by atoms with Crippen LogP contribution in [0.25, 0.3) is 0 Å². The summed E-state index contributed by atoms with van der Waals surface area (Å²) in [6.45, 7) is 11.4. The number of carbonyl (C=O) groups is 2. The van der Waals surface area contributed by atoms with E-state index in [0.29, 0.717) is 24.0 Å². The van der Waals surface area contributed by atoms with Gasteiger partial charge in [-0.3, -0.25) is 9.59 Å². The molecular weight excluding hydrogens is 472 g/mol. The zero-order chi connectivity index (χ0) is 26.4. The SMILES string of the molecule is C=C(C)[C@]12C[C@@H](C)[C@@]34O[C@](Cc5ccccc5)(O[C@@H]1[C@@H]3C=C(COC(C)=O)C[C@]1(O)C(=O)C(C)=C[C@@H]41)O2. The van der Waals surface area contributed by atoms with E-state index in [-0.39, 0.29) is 30.6 Å². The second-order valence-electron chi connectivity index (χ2n) is 11.6. The normalized spacial score (nSPS) is 43.4. The van der Waals surface area contributed by atoms with Crippen LogP contribution in [0.1, 0.15) is 46.1 Å². The van der Waals surface area contributed by atoms with Gasteiger partial charge in [-0.05, 0) is 48.5 Å². The monoisotopic (exact) mass is 506 g/mol. The van der Waals surface area contributed by atoms with Crippen LogP contribution in [0.3, 0.4) is 0 Å². The molecule has 0 aromatic heterocycles. The average Bonchev–Trinajstić information content (AvgIpc) is 3.14. The van der Waals surface area contributed by atoms with Gasteiger partial charge in [-0.15, -0.1) is 0 Å². The number of esters is 1. The Balaban J connectivity index is 1.55. The van der Waals surface area contributed by atoms with Crippen molar-refractivity contribution in [2.75, 3.05) is 6.61 Å². The van der Waals surface area contributed by atoms with Gasteiger partial charge in [0, 0.05) is 25.2 Å². The molecule has 5 aliphatic rings. The summed E-state index contributed by atoms with van der Waals surface area (Å²) in [4.78, 5) is 25.2. The van der Waals surface area contributed by atoms with Gasteiger partial charge in [0.1, 0.15) is 23.9 Å². The predicted molar refractivity (Wildman–Crippen MR) is 134 cm³/mol. The molecule has 0 radical (unpaired) electrons. The Morgan fingerprint density at radius 3 is 2.59 bits per heavy atom. The Kier molecular flexibility index (Phi) is 5.32. The van der Waals surface area contributed by atoms with Gasteiger partial charge in [0.2, 0.25) is 0 Å². The highest BCUT2D eigenvalue weighted by Crippen LogP contribution is 2.68. The highest BCUT2D eigenvalue weighted by atomic mass is 16.9. The van der Waals surface area contributed by atoms with Gasteiger partial charge >= 0.3 is 5.97 Å². The second-order valence-corrected chi connectivity index (χ2v) is 11.6. The first-order chi connectivity index (χ1) is 17.5. The Morgan fingerprint density at radius 1 is 1.19 bits per heavy atom. The molecule has 3 bridgehead atoms. The molecule has 37 heavy (non-hydrogen) atoms. The van der Waals surface area contributed by atoms with Crippen molar-refractivity contribution >= 4 is 11.8 Å². The summed E-state index contributed by atoms with van der Waals surface area (Å²) in [5.74, 6) is -3.22. The first kappa shape index (κ1) is 24.7. The Hall–Kier alpha value is -2.58. The van der Waals surface area contributed by atoms with Crippen LogP contribution < -0.4 is 0 Å². The third kappa shape index (κ3) is 3.27. The number of ketones is 1. The van der Waals surface area contributed by atoms with Crippen LogP contribution in [0, 0.1) is 17.8 Å². The fraction of sp³-hybridized carbons (Fsp3) is 0.533. The molecule has 3 fully saturated rings. The van der Waals surface area contributed by atoms with Crippen LogP contribution in [0.4, 0.5) is 0 Å². The van der Waals surface area contributed by atoms with Crippen molar-refractivity contribution in [1.29, 1.82) is 0 Å². The van der Waals surface area contributed by atoms with E-state index in [1.54, 1.807) is 6.92 Å². The summed E-state index contributed by atoms with van der Waals surface area (Å²) in [7, 11) is 0. The van der Waals surface area contributed by atoms with Crippen LogP contribution in [0.2, 0.25) is 0 Å². The van der Waals surface area contributed by atoms with E-state index in [4.69, 9.17) is 18.9 Å². The van der Waals surface area contributed by atoms with Crippen molar-refractivity contribution in [2.45, 2.75) is 75.8 Å². The van der Waals surface area contributed by atoms with E-state index in [1.807, 2.05) is 49.4 Å². The van der Waals surface area contributed by atoms with Crippen molar-refractivity contribution in [1.82, 2.24) is 0 Å². The molecule has 196 valence electrons. The molecule has 8 atom stereocenters. The number of hydrogen-bond acceptors (Lipinski definition) is 7. The molecule has 6 rings (SSSR count). The molecule has 2 saturated heterocycles. The zero-order valence-corrected chi connectivity index (χ0v) is 21.8. The molecule has 1 N–H and O–H groups in total. The van der Waals surface area contributed by atoms with E-state index in [2.05, 4.69) is 13.5 Å². The number of ether oxygens (including phenoxy) is 4. The molecule has 7 heteroatoms. The van der Waals surface area contributed by atoms with Crippen molar-refractivity contribution in [3.8, 4) is 0 Å². The van der Waals surface area contributed by atoms with Gasteiger partial charge in [-0.2, -0.15) is 0 Å². The number of benzene rings is 1. The maximum absolute atomic E-state index is 13.5. The summed E-state index contributed by atoms with van der Waals surface area (Å²) in [5.41, 5.74) is -0.469. The topological polar surface area (TPSA) is 91.3 Å². The third-order valence-electron chi connectivity index (χ3n) is 9.19. The largest absolute Gasteiger partial charge is 0.461 e. The molecule has 0 unspecified atom stereocenters. The van der Waals surface area contributed by atoms with Crippen LogP contribution in [0.15, 0.2) is 65.8 Å². The number of Topliss-reactive ketones (excluding diaryl/α,β-unsaturated/α-hetero) is 1. The van der Waals surface area contributed by atoms with Crippen molar-refractivity contribution in [3.05, 3.63) is 71.3 Å². The molecule has 0 amide bonds. The Morgan fingerprint density at radius 2 is 1.92 bits per heavy atom. The van der Waals surface area contributed by atoms with Crippen LogP contribution >= 0.6 is 0 Å². The lowest BCUT2D eigenvalue weighted by molar-refractivity contribution is -0.421. The molecule has 3 aliphatic carbocycles. The quantitative estimate of drug-likeness (QED) is 0.480. The minimum Gasteiger partial charge on any atom is -0.461 e. The van der Waals surface area contributed by atoms with E-state index >= 15 is 0 Å². The number of hydrogen-bond donors (Lipinski definition) is 1. The van der Waals surface area contributed by atoms with Gasteiger partial charge in [0.25, 0.3) is 5.97 Å². The lowest BCUT2D eigenvalue weighted by Gasteiger charge is -2.59. The summed E-state index contributed by atoms with van der Waals surface area (Å²) >= 11 is 0. The maximum Gasteiger partial charge on any atom is 0.302 e. The standard InChI is InChI=1S/C30H34O7/c1-17(2)28-13-19(4)30-23(26(28)35-29(36-28,37-30)15-21-9-7-6-8-10-21)12-22(16-34-20(5)31)14-27(33)24(30)11-18(3)25(27)32/h6-12,19,23-24,26,33H,1,13-16H2,2-5H3/t19-,23+,24-,26-,27-,28-,29-,30-/m1/s1. The van der Waals surface area contributed by atoms with E-state index in [0.717, 1.165) is 11.1 Å². The summed E-state index contributed by atoms with van der Waals surface area (Å²) in [6.07, 6.45) is 4.44. The minimum absolute atomic E-state index is 0.0134. The molecule has 2 aliphatic heterocycles. The average molecular weight is 507 g/mol. The van der Waals surface area contributed by atoms with Crippen LogP contribution in [-0.2, 0) is 35.0 Å². The first-order valence-corrected chi connectivity index (χ1v) is 13.0. The Bertz CT molecular complexity index is 1250. The smallest absolute Gasteiger partial charge is 0.302 e. The van der Waals surface area contributed by atoms with E-state index in [1.165, 1.54) is 6.92 Å². The third-order valence-corrected chi connectivity index (χ3v) is 9.19. The Labute approximate surface area is 217 Å². The lowest BCUT2D eigenvalue weighted by Crippen LogP contribution is -2.70. The predicted octanol–water partition coefficient (Wildman–Crippen LogP) is 3.81. The number of aliphatic hydroxyl groups is 1. The molecule has 2 heterocycles. The van der Waals surface area contributed by atoms with Gasteiger partial charge in [-0.25, -0.2) is 0 Å². The fourth-order valence-corrected chi connectivity index (χ4v) is 7.68. The van der Waals surface area contributed by atoms with Crippen LogP contribution in [0.5, 0.6) is 0 Å². The van der Waals surface area contributed by atoms with Gasteiger partial charge in [0.05, 0.1) is 12.0 Å². The van der Waals surface area contributed by atoms with E-state index in [9.17, 15) is 14.7 Å². The molecular formula is C30H34O7. The molecule has 7 nitrogen and oxygen atoms in total. The van der Waals surface area contributed by atoms with Crippen molar-refractivity contribution < 1.29 is 33.6 Å². The lowest BCUT2D eigenvalue weighted by atomic mass is 9.55. The number of carbonyl (C=O) groups excluding carboxylic acids is 2. The first-order valence-electron chi connectivity index (χ1n) is 13.0. The summed E-state index contributed by atoms with van der Waals surface area (Å²) in [6, 6.07) is 9.89. The fourth-order valence-electron chi connectivity index (χ4n) is 7.68. The molecule has 1 aromatic carbocycles. The second kappa shape index (κ2) is 7.96. The molecule has 0 spiro atoms. The zero-order valence-electron chi connectivity index (χ0n) is 21.8. The van der Waals surface area contributed by atoms with Crippen molar-refractivity contribution in [2.24, 2.45) is 17.8 Å². The number of fused-ring (bicyclic) bond motifs is 2. The number of rotatable bonds is 5. The van der Waals surface area contributed by atoms with Crippen LogP contribution in [-0.4, -0.2) is 52.3 Å². The highest BCUT2D eigenvalue weighted by Gasteiger charge is 2.79. The molecule has 1 aromatic rings. The van der Waals surface area contributed by atoms with Gasteiger partial charge in [-0.1, -0.05) is 56.0 Å². The van der Waals surface area contributed by atoms with Gasteiger partial charge in [0.15, 0.2) is 5.78 Å². The minimum atomic E-state index is -1.72. The summed E-state index contributed by atoms with van der Waals surface area (Å²) < 4.78 is 26.0. The van der Waals surface area contributed by atoms with Crippen molar-refractivity contribution in [3.63, 3.8) is 0 Å². The summed E-state index contributed by atoms with van der Waals surface area (Å²) in [5, 5.41) is 12.1. The maximum atomic E-state index is 13.5. The highest BCUT2D eigenvalue weighted by molar-refractivity contribution is 6.04. The van der Waals surface area contributed by atoms with E-state index < -0.39 is 40.8 Å². The van der Waals surface area contributed by atoms with Gasteiger partial charge < -0.3 is 24.1 Å².